The number of hydrogen-bond donors (Lipinski definition) is 2. The minimum atomic E-state index is -0.847. The maximum atomic E-state index is 12.5. The Morgan fingerprint density at radius 1 is 1.06 bits per heavy atom. The third-order valence-corrected chi connectivity index (χ3v) is 6.09. The number of carbonyl (C=O) groups excluding carboxylic acids is 1. The number of nitrogens with two attached hydrogens (primary N) is 1. The van der Waals surface area contributed by atoms with Crippen LogP contribution in [-0.2, 0) is 4.79 Å². The van der Waals surface area contributed by atoms with Gasteiger partial charge in [0, 0.05) is 10.9 Å². The fourth-order valence-electron chi connectivity index (χ4n) is 3.16. The topological polar surface area (TPSA) is 121 Å². The number of benzene rings is 2. The first-order valence-electron chi connectivity index (χ1n) is 10.0. The number of aryl methyl sites for hydroxylation is 2. The van der Waals surface area contributed by atoms with Crippen molar-refractivity contribution in [3.05, 3.63) is 58.9 Å². The molecule has 2 aromatic heterocycles. The van der Waals surface area contributed by atoms with Gasteiger partial charge in [0.2, 0.25) is 11.8 Å². The van der Waals surface area contributed by atoms with Crippen LogP contribution < -0.4 is 25.3 Å². The van der Waals surface area contributed by atoms with Gasteiger partial charge in [0.05, 0.1) is 30.8 Å². The van der Waals surface area contributed by atoms with Gasteiger partial charge in [-0.2, -0.15) is 0 Å². The van der Waals surface area contributed by atoms with Crippen LogP contribution in [0, 0.1) is 13.8 Å². The lowest BCUT2D eigenvalue weighted by Crippen LogP contribution is -2.27. The van der Waals surface area contributed by atoms with E-state index < -0.39 is 6.04 Å². The third kappa shape index (κ3) is 4.71. The molecule has 0 spiro atoms. The lowest BCUT2D eigenvalue weighted by atomic mass is 10.1. The predicted molar refractivity (Wildman–Crippen MR) is 126 cm³/mol. The van der Waals surface area contributed by atoms with Crippen LogP contribution in [0.1, 0.15) is 22.2 Å². The van der Waals surface area contributed by atoms with Crippen LogP contribution >= 0.6 is 11.3 Å². The van der Waals surface area contributed by atoms with Crippen LogP contribution in [0.15, 0.2) is 42.7 Å². The Labute approximate surface area is 194 Å². The van der Waals surface area contributed by atoms with Crippen molar-refractivity contribution in [2.45, 2.75) is 19.9 Å². The first kappa shape index (κ1) is 22.4. The molecule has 0 aliphatic carbocycles. The van der Waals surface area contributed by atoms with Crippen molar-refractivity contribution >= 4 is 33.3 Å². The smallest absolute Gasteiger partial charge is 0.247 e. The molecule has 9 nitrogen and oxygen atoms in total. The van der Waals surface area contributed by atoms with Crippen molar-refractivity contribution in [3.8, 4) is 23.1 Å². The number of carbonyl (C=O) groups is 1. The summed E-state index contributed by atoms with van der Waals surface area (Å²) in [5.41, 5.74) is 8.33. The summed E-state index contributed by atoms with van der Waals surface area (Å²) in [6.07, 6.45) is 1.42. The lowest BCUT2D eigenvalue weighted by Gasteiger charge is -2.13. The number of amides is 1. The van der Waals surface area contributed by atoms with Crippen molar-refractivity contribution in [3.63, 3.8) is 0 Å². The van der Waals surface area contributed by atoms with E-state index in [1.165, 1.54) is 17.7 Å². The molecule has 0 aliphatic rings. The minimum absolute atomic E-state index is 0.333. The first-order chi connectivity index (χ1) is 15.9. The Balaban J connectivity index is 1.51. The molecule has 10 heteroatoms. The molecule has 33 heavy (non-hydrogen) atoms. The summed E-state index contributed by atoms with van der Waals surface area (Å²) >= 11 is 1.42. The largest absolute Gasteiger partial charge is 0.493 e. The first-order valence-corrected chi connectivity index (χ1v) is 10.9. The molecule has 4 rings (SSSR count). The number of nitrogens with zero attached hydrogens (tertiary/aromatic N) is 3. The normalized spacial score (nSPS) is 11.8. The van der Waals surface area contributed by atoms with E-state index in [-0.39, 0.29) is 5.91 Å². The summed E-state index contributed by atoms with van der Waals surface area (Å²) in [5.74, 6) is 1.68. The van der Waals surface area contributed by atoms with E-state index in [4.69, 9.17) is 19.9 Å². The molecule has 0 fully saturated rings. The van der Waals surface area contributed by atoms with Gasteiger partial charge in [0.15, 0.2) is 16.6 Å². The molecular weight excluding hydrogens is 442 g/mol. The zero-order valence-electron chi connectivity index (χ0n) is 18.6. The molecule has 2 heterocycles. The fraction of sp³-hybridized carbons (Fsp3) is 0.217. The van der Waals surface area contributed by atoms with Crippen molar-refractivity contribution < 1.29 is 19.0 Å². The van der Waals surface area contributed by atoms with Gasteiger partial charge in [0.25, 0.3) is 0 Å². The Morgan fingerprint density at radius 2 is 1.76 bits per heavy atom. The number of hydrogen-bond acceptors (Lipinski definition) is 9. The van der Waals surface area contributed by atoms with Gasteiger partial charge >= 0.3 is 0 Å². The average molecular weight is 466 g/mol. The number of anilines is 1. The molecule has 0 saturated carbocycles. The van der Waals surface area contributed by atoms with E-state index >= 15 is 0 Å². The molecule has 0 saturated heterocycles. The standard InChI is InChI=1S/C23H23N5O4S/c1-12-13(2)33-23(27-12)28-21(29)20(24)14-5-7-15(8-6-14)32-22-16-9-18(30-3)19(31-4)10-17(16)25-11-26-22/h5-11,20H,24H2,1-4H3,(H,27,28,29)/t20-/m1/s1. The number of aromatic nitrogens is 3. The van der Waals surface area contributed by atoms with Gasteiger partial charge in [-0.3, -0.25) is 4.79 Å². The van der Waals surface area contributed by atoms with E-state index in [0.717, 1.165) is 10.6 Å². The highest BCUT2D eigenvalue weighted by atomic mass is 32.1. The number of nitrogens with one attached hydrogen (secondary N) is 1. The van der Waals surface area contributed by atoms with E-state index in [0.29, 0.717) is 44.7 Å². The Morgan fingerprint density at radius 3 is 2.39 bits per heavy atom. The van der Waals surface area contributed by atoms with Crippen molar-refractivity contribution in [2.75, 3.05) is 19.5 Å². The number of rotatable bonds is 7. The SMILES string of the molecule is COc1cc2ncnc(Oc3ccc([C@@H](N)C(=O)Nc4nc(C)c(C)s4)cc3)c2cc1OC. The summed E-state index contributed by atoms with van der Waals surface area (Å²) in [6, 6.07) is 9.62. The van der Waals surface area contributed by atoms with Crippen LogP contribution in [0.5, 0.6) is 23.1 Å². The second-order valence-electron chi connectivity index (χ2n) is 7.20. The highest BCUT2D eigenvalue weighted by Crippen LogP contribution is 2.35. The number of fused-ring (bicyclic) bond motifs is 1. The molecular formula is C23H23N5O4S. The van der Waals surface area contributed by atoms with Crippen LogP contribution in [0.2, 0.25) is 0 Å². The van der Waals surface area contributed by atoms with E-state index in [9.17, 15) is 4.79 Å². The third-order valence-electron chi connectivity index (χ3n) is 5.10. The van der Waals surface area contributed by atoms with E-state index in [1.54, 1.807) is 50.6 Å². The van der Waals surface area contributed by atoms with E-state index in [1.807, 2.05) is 13.8 Å². The van der Waals surface area contributed by atoms with Gasteiger partial charge in [-0.25, -0.2) is 15.0 Å². The zero-order valence-corrected chi connectivity index (χ0v) is 19.4. The Kier molecular flexibility index (Phi) is 6.38. The molecule has 0 radical (unpaired) electrons. The zero-order chi connectivity index (χ0) is 23.5. The summed E-state index contributed by atoms with van der Waals surface area (Å²) in [5, 5.41) is 3.98. The molecule has 3 N–H and O–H groups in total. The van der Waals surface area contributed by atoms with Crippen LogP contribution in [0.4, 0.5) is 5.13 Å². The number of ether oxygens (including phenoxy) is 3. The van der Waals surface area contributed by atoms with Gasteiger partial charge in [-0.15, -0.1) is 11.3 Å². The predicted octanol–water partition coefficient (Wildman–Crippen LogP) is 4.15. The molecule has 170 valence electrons. The summed E-state index contributed by atoms with van der Waals surface area (Å²) in [4.78, 5) is 26.4. The van der Waals surface area contributed by atoms with Crippen molar-refractivity contribution in [1.82, 2.24) is 15.0 Å². The highest BCUT2D eigenvalue weighted by Gasteiger charge is 2.18. The quantitative estimate of drug-likeness (QED) is 0.417. The van der Waals surface area contributed by atoms with Gasteiger partial charge < -0.3 is 25.3 Å². The molecule has 2 aromatic carbocycles. The molecule has 4 aromatic rings. The Hall–Kier alpha value is -3.76. The van der Waals surface area contributed by atoms with Crippen molar-refractivity contribution in [1.29, 1.82) is 0 Å². The second kappa shape index (κ2) is 9.39. The number of methoxy groups -OCH3 is 2. The summed E-state index contributed by atoms with van der Waals surface area (Å²) in [6.45, 7) is 3.85. The molecule has 0 aliphatic heterocycles. The van der Waals surface area contributed by atoms with Gasteiger partial charge in [-0.1, -0.05) is 12.1 Å². The van der Waals surface area contributed by atoms with Crippen LogP contribution in [-0.4, -0.2) is 35.1 Å². The van der Waals surface area contributed by atoms with Crippen LogP contribution in [0.3, 0.4) is 0 Å². The molecule has 1 amide bonds. The fourth-order valence-corrected chi connectivity index (χ4v) is 3.97. The monoisotopic (exact) mass is 465 g/mol. The van der Waals surface area contributed by atoms with Crippen LogP contribution in [0.25, 0.3) is 10.9 Å². The molecule has 0 bridgehead atoms. The van der Waals surface area contributed by atoms with Gasteiger partial charge in [0.1, 0.15) is 18.1 Å². The molecule has 0 unspecified atom stereocenters. The van der Waals surface area contributed by atoms with Crippen molar-refractivity contribution in [2.24, 2.45) is 5.73 Å². The second-order valence-corrected chi connectivity index (χ2v) is 8.40. The highest BCUT2D eigenvalue weighted by molar-refractivity contribution is 7.15. The van der Waals surface area contributed by atoms with Gasteiger partial charge in [-0.05, 0) is 37.6 Å². The summed E-state index contributed by atoms with van der Waals surface area (Å²) < 4.78 is 16.7. The molecule has 1 atom stereocenters. The lowest BCUT2D eigenvalue weighted by molar-refractivity contribution is -0.117. The van der Waals surface area contributed by atoms with E-state index in [2.05, 4.69) is 20.3 Å². The Bertz CT molecular complexity index is 1290. The summed E-state index contributed by atoms with van der Waals surface area (Å²) in [7, 11) is 3.12. The number of thiazole rings is 1. The maximum absolute atomic E-state index is 12.5. The maximum Gasteiger partial charge on any atom is 0.247 e. The minimum Gasteiger partial charge on any atom is -0.493 e. The average Bonchev–Trinajstić information content (AvgIpc) is 3.14.